The highest BCUT2D eigenvalue weighted by Crippen LogP contribution is 2.27. The van der Waals surface area contributed by atoms with E-state index in [1.807, 2.05) is 13.0 Å². The summed E-state index contributed by atoms with van der Waals surface area (Å²) in [4.78, 5) is 17.9. The average Bonchev–Trinajstić information content (AvgIpc) is 3.01. The van der Waals surface area contributed by atoms with E-state index >= 15 is 0 Å². The smallest absolute Gasteiger partial charge is 0.271 e. The van der Waals surface area contributed by atoms with E-state index in [1.165, 1.54) is 0 Å². The molecule has 1 amide bonds. The molecule has 1 aliphatic rings. The molecular weight excluding hydrogens is 284 g/mol. The maximum Gasteiger partial charge on any atom is 0.271 e. The molecule has 8 nitrogen and oxygen atoms in total. The van der Waals surface area contributed by atoms with Crippen molar-refractivity contribution in [3.05, 3.63) is 29.5 Å². The van der Waals surface area contributed by atoms with Gasteiger partial charge in [-0.05, 0) is 31.9 Å². The summed E-state index contributed by atoms with van der Waals surface area (Å²) in [5.41, 5.74) is 0.312. The van der Waals surface area contributed by atoms with Crippen LogP contribution >= 0.6 is 0 Å². The van der Waals surface area contributed by atoms with Crippen molar-refractivity contribution in [3.8, 4) is 0 Å². The molecule has 3 rings (SSSR count). The van der Waals surface area contributed by atoms with Gasteiger partial charge in [-0.2, -0.15) is 4.98 Å². The lowest BCUT2D eigenvalue weighted by Crippen LogP contribution is -2.35. The minimum atomic E-state index is -0.239. The first kappa shape index (κ1) is 14.4. The fourth-order valence-corrected chi connectivity index (χ4v) is 2.61. The van der Waals surface area contributed by atoms with Gasteiger partial charge in [-0.3, -0.25) is 4.79 Å². The molecule has 1 N–H and O–H groups in total. The number of nitrogens with one attached hydrogen (secondary N) is 1. The average molecular weight is 302 g/mol. The predicted octanol–water partition coefficient (Wildman–Crippen LogP) is 0.912. The number of hydrogen-bond donors (Lipinski definition) is 1. The fraction of sp³-hybridized carbons (Fsp3) is 0.500. The lowest BCUT2D eigenvalue weighted by Gasteiger charge is -2.31. The number of hydrogen-bond acceptors (Lipinski definition) is 7. The SMILES string of the molecule is CNC(=O)c1ccc(N2CCCC(c3nc(C)no3)C2)nn1. The second kappa shape index (κ2) is 6.08. The maximum atomic E-state index is 11.5. The van der Waals surface area contributed by atoms with Crippen LogP contribution in [0.15, 0.2) is 16.7 Å². The number of rotatable bonds is 3. The highest BCUT2D eigenvalue weighted by atomic mass is 16.5. The summed E-state index contributed by atoms with van der Waals surface area (Å²) >= 11 is 0. The number of aromatic nitrogens is 4. The molecule has 3 heterocycles. The summed E-state index contributed by atoms with van der Waals surface area (Å²) in [7, 11) is 1.57. The van der Waals surface area contributed by atoms with E-state index in [4.69, 9.17) is 4.52 Å². The Bertz CT molecular complexity index is 654. The zero-order chi connectivity index (χ0) is 15.5. The molecule has 1 atom stereocenters. The van der Waals surface area contributed by atoms with E-state index < -0.39 is 0 Å². The summed E-state index contributed by atoms with van der Waals surface area (Å²) < 4.78 is 5.28. The summed E-state index contributed by atoms with van der Waals surface area (Å²) in [6, 6.07) is 3.50. The van der Waals surface area contributed by atoms with Gasteiger partial charge in [-0.25, -0.2) is 0 Å². The third-order valence-electron chi connectivity index (χ3n) is 3.75. The third kappa shape index (κ3) is 2.90. The summed E-state index contributed by atoms with van der Waals surface area (Å²) in [6.07, 6.45) is 2.03. The van der Waals surface area contributed by atoms with Gasteiger partial charge >= 0.3 is 0 Å². The van der Waals surface area contributed by atoms with E-state index in [0.717, 1.165) is 31.7 Å². The van der Waals surface area contributed by atoms with Crippen LogP contribution in [-0.4, -0.2) is 46.4 Å². The molecule has 1 saturated heterocycles. The van der Waals surface area contributed by atoms with Crippen LogP contribution in [0, 0.1) is 6.92 Å². The Morgan fingerprint density at radius 2 is 2.27 bits per heavy atom. The van der Waals surface area contributed by atoms with Gasteiger partial charge in [0.25, 0.3) is 5.91 Å². The van der Waals surface area contributed by atoms with Crippen LogP contribution in [0.4, 0.5) is 5.82 Å². The normalized spacial score (nSPS) is 18.3. The summed E-state index contributed by atoms with van der Waals surface area (Å²) in [5, 5.41) is 14.5. The number of carbonyl (C=O) groups is 1. The molecule has 2 aromatic rings. The van der Waals surface area contributed by atoms with Crippen molar-refractivity contribution in [1.82, 2.24) is 25.7 Å². The van der Waals surface area contributed by atoms with Crippen molar-refractivity contribution in [2.45, 2.75) is 25.7 Å². The van der Waals surface area contributed by atoms with Gasteiger partial charge in [0.05, 0.1) is 5.92 Å². The molecule has 0 saturated carbocycles. The molecule has 8 heteroatoms. The van der Waals surface area contributed by atoms with Crippen molar-refractivity contribution in [1.29, 1.82) is 0 Å². The van der Waals surface area contributed by atoms with E-state index in [-0.39, 0.29) is 11.8 Å². The van der Waals surface area contributed by atoms with E-state index in [0.29, 0.717) is 17.4 Å². The number of nitrogens with zero attached hydrogens (tertiary/aromatic N) is 5. The third-order valence-corrected chi connectivity index (χ3v) is 3.75. The van der Waals surface area contributed by atoms with Gasteiger partial charge in [-0.15, -0.1) is 10.2 Å². The molecule has 0 spiro atoms. The van der Waals surface area contributed by atoms with Crippen molar-refractivity contribution < 1.29 is 9.32 Å². The highest BCUT2D eigenvalue weighted by molar-refractivity contribution is 5.91. The Morgan fingerprint density at radius 1 is 1.41 bits per heavy atom. The van der Waals surface area contributed by atoms with Crippen molar-refractivity contribution in [2.24, 2.45) is 0 Å². The van der Waals surface area contributed by atoms with Crippen molar-refractivity contribution >= 4 is 11.7 Å². The van der Waals surface area contributed by atoms with Crippen LogP contribution in [0.2, 0.25) is 0 Å². The highest BCUT2D eigenvalue weighted by Gasteiger charge is 2.26. The zero-order valence-corrected chi connectivity index (χ0v) is 12.6. The molecule has 116 valence electrons. The van der Waals surface area contributed by atoms with E-state index in [9.17, 15) is 4.79 Å². The molecule has 1 aliphatic heterocycles. The number of amides is 1. The van der Waals surface area contributed by atoms with Gasteiger partial charge in [0.1, 0.15) is 0 Å². The number of anilines is 1. The fourth-order valence-electron chi connectivity index (χ4n) is 2.61. The standard InChI is InChI=1S/C14H18N6O2/c1-9-16-14(22-19-9)10-4-3-7-20(8-10)12-6-5-11(17-18-12)13(21)15-2/h5-6,10H,3-4,7-8H2,1-2H3,(H,15,21). The molecule has 0 bridgehead atoms. The molecule has 0 aliphatic carbocycles. The minimum absolute atomic E-state index is 0.204. The molecule has 1 fully saturated rings. The first-order valence-corrected chi connectivity index (χ1v) is 7.28. The Balaban J connectivity index is 1.73. The van der Waals surface area contributed by atoms with Crippen molar-refractivity contribution in [3.63, 3.8) is 0 Å². The first-order chi connectivity index (χ1) is 10.7. The summed E-state index contributed by atoms with van der Waals surface area (Å²) in [5.74, 6) is 2.06. The van der Waals surface area contributed by atoms with Gasteiger partial charge in [0.2, 0.25) is 5.89 Å². The summed E-state index contributed by atoms with van der Waals surface area (Å²) in [6.45, 7) is 3.48. The Morgan fingerprint density at radius 3 is 2.91 bits per heavy atom. The van der Waals surface area contributed by atoms with E-state index in [1.54, 1.807) is 13.1 Å². The van der Waals surface area contributed by atoms with Crippen molar-refractivity contribution in [2.75, 3.05) is 25.0 Å². The minimum Gasteiger partial charge on any atom is -0.354 e. The zero-order valence-electron chi connectivity index (χ0n) is 12.6. The maximum absolute atomic E-state index is 11.5. The van der Waals surface area contributed by atoms with Crippen LogP contribution in [0.25, 0.3) is 0 Å². The first-order valence-electron chi connectivity index (χ1n) is 7.28. The number of aryl methyl sites for hydroxylation is 1. The monoisotopic (exact) mass is 302 g/mol. The number of carbonyl (C=O) groups excluding carboxylic acids is 1. The quantitative estimate of drug-likeness (QED) is 0.900. The van der Waals surface area contributed by atoms with Gasteiger partial charge in [0, 0.05) is 20.1 Å². The second-order valence-electron chi connectivity index (χ2n) is 5.32. The molecule has 0 radical (unpaired) electrons. The Kier molecular flexibility index (Phi) is 3.99. The van der Waals surface area contributed by atoms with Crippen LogP contribution in [0.5, 0.6) is 0 Å². The van der Waals surface area contributed by atoms with Gasteiger partial charge < -0.3 is 14.7 Å². The Labute approximate surface area is 127 Å². The molecule has 2 aromatic heterocycles. The predicted molar refractivity (Wildman–Crippen MR) is 78.6 cm³/mol. The van der Waals surface area contributed by atoms with E-state index in [2.05, 4.69) is 30.6 Å². The largest absolute Gasteiger partial charge is 0.354 e. The molecule has 0 aromatic carbocycles. The lowest BCUT2D eigenvalue weighted by atomic mass is 9.98. The number of piperidine rings is 1. The second-order valence-corrected chi connectivity index (χ2v) is 5.32. The molecule has 22 heavy (non-hydrogen) atoms. The molecular formula is C14H18N6O2. The Hall–Kier alpha value is -2.51. The van der Waals surface area contributed by atoms with Gasteiger partial charge in [0.15, 0.2) is 17.3 Å². The lowest BCUT2D eigenvalue weighted by molar-refractivity contribution is 0.0957. The van der Waals surface area contributed by atoms with Crippen LogP contribution < -0.4 is 10.2 Å². The van der Waals surface area contributed by atoms with Gasteiger partial charge in [-0.1, -0.05) is 5.16 Å². The van der Waals surface area contributed by atoms with Crippen LogP contribution in [-0.2, 0) is 0 Å². The van der Waals surface area contributed by atoms with Crippen LogP contribution in [0.3, 0.4) is 0 Å². The molecule has 1 unspecified atom stereocenters. The van der Waals surface area contributed by atoms with Crippen LogP contribution in [0.1, 0.15) is 41.0 Å². The topological polar surface area (TPSA) is 97.0 Å².